The van der Waals surface area contributed by atoms with Crippen molar-refractivity contribution < 1.29 is 0 Å². The minimum atomic E-state index is 0.632. The van der Waals surface area contributed by atoms with Gasteiger partial charge in [-0.15, -0.1) is 0 Å². The van der Waals surface area contributed by atoms with Gasteiger partial charge in [-0.05, 0) is 44.2 Å². The maximum absolute atomic E-state index is 7.25. The molecule has 0 fully saturated rings. The lowest BCUT2D eigenvalue weighted by Crippen LogP contribution is -2.00. The molecule has 0 N–H and O–H groups in total. The highest BCUT2D eigenvalue weighted by Crippen LogP contribution is 2.39. The molecule has 4 heteroatoms. The van der Waals surface area contributed by atoms with Crippen molar-refractivity contribution in [3.05, 3.63) is 181 Å². The number of aromatic nitrogens is 3. The van der Waals surface area contributed by atoms with Crippen LogP contribution in [0.1, 0.15) is 0 Å². The first kappa shape index (κ1) is 28.8. The Bertz CT molecular complexity index is 2350. The van der Waals surface area contributed by atoms with Crippen LogP contribution in [0.4, 0.5) is 5.69 Å². The summed E-state index contributed by atoms with van der Waals surface area (Å²) in [5, 5.41) is 2.39. The third-order valence-electron chi connectivity index (χ3n) is 8.59. The molecule has 0 unspecified atom stereocenters. The Morgan fingerprint density at radius 3 is 1.35 bits per heavy atom. The van der Waals surface area contributed by atoms with Gasteiger partial charge in [-0.3, -0.25) is 0 Å². The van der Waals surface area contributed by atoms with Crippen molar-refractivity contribution in [3.8, 4) is 67.5 Å². The average molecular weight is 613 g/mol. The molecule has 8 aromatic rings. The molecule has 8 rings (SSSR count). The first-order chi connectivity index (χ1) is 23.7. The molecule has 0 saturated carbocycles. The number of fused-ring (bicyclic) bond motifs is 1. The molecule has 0 aliphatic heterocycles. The fourth-order valence-corrected chi connectivity index (χ4v) is 6.12. The van der Waals surface area contributed by atoms with E-state index in [9.17, 15) is 0 Å². The number of benzene rings is 7. The lowest BCUT2D eigenvalue weighted by atomic mass is 9.89. The summed E-state index contributed by atoms with van der Waals surface area (Å²) < 4.78 is 0. The van der Waals surface area contributed by atoms with Crippen molar-refractivity contribution in [1.82, 2.24) is 15.0 Å². The minimum Gasteiger partial charge on any atom is -0.238 e. The second-order valence-electron chi connectivity index (χ2n) is 11.6. The number of nitrogens with zero attached hydrogens (tertiary/aromatic N) is 4. The van der Waals surface area contributed by atoms with Crippen molar-refractivity contribution in [1.29, 1.82) is 0 Å². The summed E-state index contributed by atoms with van der Waals surface area (Å²) >= 11 is 0. The summed E-state index contributed by atoms with van der Waals surface area (Å²) in [6.45, 7) is 7.25. The molecule has 0 aliphatic rings. The fourth-order valence-electron chi connectivity index (χ4n) is 6.12. The van der Waals surface area contributed by atoms with Gasteiger partial charge in [0, 0.05) is 16.7 Å². The molecule has 0 bridgehead atoms. The summed E-state index contributed by atoms with van der Waals surface area (Å²) in [5.41, 5.74) is 10.3. The Hall–Kier alpha value is -6.70. The smallest absolute Gasteiger partial charge is 0.187 e. The van der Waals surface area contributed by atoms with Crippen LogP contribution in [0.3, 0.4) is 0 Å². The molecular weight excluding hydrogens is 585 g/mol. The molecule has 7 aromatic carbocycles. The first-order valence-electron chi connectivity index (χ1n) is 15.8. The quantitative estimate of drug-likeness (QED) is 0.175. The van der Waals surface area contributed by atoms with Crippen LogP contribution < -0.4 is 0 Å². The molecule has 4 nitrogen and oxygen atoms in total. The zero-order valence-corrected chi connectivity index (χ0v) is 26.0. The van der Waals surface area contributed by atoms with Crippen LogP contribution in [-0.2, 0) is 0 Å². The molecule has 224 valence electrons. The van der Waals surface area contributed by atoms with Gasteiger partial charge in [-0.2, -0.15) is 0 Å². The molecular formula is C44H28N4. The monoisotopic (exact) mass is 612 g/mol. The van der Waals surface area contributed by atoms with E-state index in [0.29, 0.717) is 23.2 Å². The second kappa shape index (κ2) is 12.6. The second-order valence-corrected chi connectivity index (χ2v) is 11.6. The summed E-state index contributed by atoms with van der Waals surface area (Å²) in [6, 6.07) is 58.0. The average Bonchev–Trinajstić information content (AvgIpc) is 3.18. The summed E-state index contributed by atoms with van der Waals surface area (Å²) in [4.78, 5) is 18.2. The van der Waals surface area contributed by atoms with Crippen LogP contribution in [0, 0.1) is 6.57 Å². The summed E-state index contributed by atoms with van der Waals surface area (Å²) in [5.74, 6) is 1.92. The highest BCUT2D eigenvalue weighted by molar-refractivity contribution is 6.04. The van der Waals surface area contributed by atoms with Gasteiger partial charge in [-0.1, -0.05) is 170 Å². The normalized spacial score (nSPS) is 10.9. The SMILES string of the molecule is [C-]#[N+]c1ccc(-c2ccc(-c3c(-c4ccc(-c5nc(-c6ccccc6)nc(-c6ccccc6)n5)cc4)ccc4ccccc34)cc2)cc1. The van der Waals surface area contributed by atoms with E-state index in [4.69, 9.17) is 21.5 Å². The van der Waals surface area contributed by atoms with Gasteiger partial charge in [0.15, 0.2) is 23.2 Å². The van der Waals surface area contributed by atoms with Crippen LogP contribution in [0.2, 0.25) is 0 Å². The summed E-state index contributed by atoms with van der Waals surface area (Å²) in [6.07, 6.45) is 0. The molecule has 0 atom stereocenters. The molecule has 1 aromatic heterocycles. The highest BCUT2D eigenvalue weighted by atomic mass is 15.0. The third-order valence-corrected chi connectivity index (χ3v) is 8.59. The van der Waals surface area contributed by atoms with E-state index >= 15 is 0 Å². The number of rotatable bonds is 6. The lowest BCUT2D eigenvalue weighted by molar-refractivity contribution is 1.07. The van der Waals surface area contributed by atoms with Gasteiger partial charge in [0.1, 0.15) is 0 Å². The van der Waals surface area contributed by atoms with Crippen LogP contribution in [0.15, 0.2) is 170 Å². The van der Waals surface area contributed by atoms with Gasteiger partial charge >= 0.3 is 0 Å². The third kappa shape index (κ3) is 5.62. The van der Waals surface area contributed by atoms with E-state index < -0.39 is 0 Å². The molecule has 0 amide bonds. The topological polar surface area (TPSA) is 43.0 Å². The van der Waals surface area contributed by atoms with Crippen molar-refractivity contribution >= 4 is 16.5 Å². The van der Waals surface area contributed by atoms with Crippen molar-refractivity contribution in [2.75, 3.05) is 0 Å². The maximum Gasteiger partial charge on any atom is 0.187 e. The number of hydrogen-bond donors (Lipinski definition) is 0. The maximum atomic E-state index is 7.25. The molecule has 48 heavy (non-hydrogen) atoms. The fraction of sp³-hybridized carbons (Fsp3) is 0. The van der Waals surface area contributed by atoms with Crippen LogP contribution >= 0.6 is 0 Å². The number of hydrogen-bond acceptors (Lipinski definition) is 3. The van der Waals surface area contributed by atoms with E-state index in [1.807, 2.05) is 84.9 Å². The first-order valence-corrected chi connectivity index (χ1v) is 15.8. The van der Waals surface area contributed by atoms with E-state index in [0.717, 1.165) is 44.5 Å². The van der Waals surface area contributed by atoms with Crippen LogP contribution in [0.25, 0.3) is 83.2 Å². The van der Waals surface area contributed by atoms with E-state index in [-0.39, 0.29) is 0 Å². The van der Waals surface area contributed by atoms with Crippen molar-refractivity contribution in [3.63, 3.8) is 0 Å². The zero-order chi connectivity index (χ0) is 32.3. The largest absolute Gasteiger partial charge is 0.238 e. The molecule has 1 heterocycles. The molecule has 0 saturated heterocycles. The lowest BCUT2D eigenvalue weighted by Gasteiger charge is -2.15. The van der Waals surface area contributed by atoms with Crippen molar-refractivity contribution in [2.24, 2.45) is 0 Å². The van der Waals surface area contributed by atoms with Crippen molar-refractivity contribution in [2.45, 2.75) is 0 Å². The van der Waals surface area contributed by atoms with Gasteiger partial charge in [0.05, 0.1) is 6.57 Å². The van der Waals surface area contributed by atoms with Crippen LogP contribution in [-0.4, -0.2) is 15.0 Å². The molecule has 0 aliphatic carbocycles. The van der Waals surface area contributed by atoms with Crippen LogP contribution in [0.5, 0.6) is 0 Å². The molecule has 0 spiro atoms. The van der Waals surface area contributed by atoms with E-state index in [2.05, 4.69) is 89.8 Å². The molecule has 0 radical (unpaired) electrons. The Morgan fingerprint density at radius 2 is 0.792 bits per heavy atom. The Kier molecular flexibility index (Phi) is 7.54. The Morgan fingerprint density at radius 1 is 0.354 bits per heavy atom. The minimum absolute atomic E-state index is 0.632. The summed E-state index contributed by atoms with van der Waals surface area (Å²) in [7, 11) is 0. The zero-order valence-electron chi connectivity index (χ0n) is 26.0. The standard InChI is InChI=1S/C44H28N4/c1-45-38-27-24-31(25-28-38)30-16-20-34(21-17-30)41-39-15-9-8-10-32(39)26-29-40(41)33-18-22-37(23-19-33)44-47-42(35-11-4-2-5-12-35)46-43(48-44)36-13-6-3-7-14-36/h2-29H. The Balaban J connectivity index is 1.20. The van der Waals surface area contributed by atoms with Gasteiger partial charge in [-0.25, -0.2) is 19.8 Å². The predicted molar refractivity (Wildman–Crippen MR) is 196 cm³/mol. The van der Waals surface area contributed by atoms with Gasteiger partial charge in [0.2, 0.25) is 0 Å². The van der Waals surface area contributed by atoms with Gasteiger partial charge in [0.25, 0.3) is 0 Å². The van der Waals surface area contributed by atoms with E-state index in [1.54, 1.807) is 0 Å². The van der Waals surface area contributed by atoms with Gasteiger partial charge < -0.3 is 0 Å². The predicted octanol–water partition coefficient (Wildman–Crippen LogP) is 11.6. The highest BCUT2D eigenvalue weighted by Gasteiger charge is 2.15. The van der Waals surface area contributed by atoms with E-state index in [1.165, 1.54) is 16.3 Å². The Labute approximate surface area is 279 Å².